The average molecular weight is 293 g/mol. The minimum atomic E-state index is -0.444. The van der Waals surface area contributed by atoms with Gasteiger partial charge < -0.3 is 4.74 Å². The normalized spacial score (nSPS) is 22.9. The first-order valence-corrected chi connectivity index (χ1v) is 7.13. The van der Waals surface area contributed by atoms with Gasteiger partial charge in [0.05, 0.1) is 11.9 Å². The van der Waals surface area contributed by atoms with Crippen LogP contribution in [0.4, 0.5) is 0 Å². The predicted molar refractivity (Wildman–Crippen MR) is 76.4 cm³/mol. The Kier molecular flexibility index (Phi) is 3.48. The lowest BCUT2D eigenvalue weighted by atomic mass is 9.95. The van der Waals surface area contributed by atoms with Crippen LogP contribution in [0.3, 0.4) is 0 Å². The summed E-state index contributed by atoms with van der Waals surface area (Å²) in [5, 5.41) is 4.60. The number of halogens is 1. The first-order chi connectivity index (χ1) is 9.57. The molecule has 0 aliphatic carbocycles. The molecule has 1 fully saturated rings. The van der Waals surface area contributed by atoms with Crippen LogP contribution in [-0.4, -0.2) is 26.4 Å². The zero-order valence-corrected chi connectivity index (χ0v) is 12.4. The van der Waals surface area contributed by atoms with Crippen LogP contribution in [0.25, 0.3) is 11.3 Å². The lowest BCUT2D eigenvalue weighted by Crippen LogP contribution is -2.32. The lowest BCUT2D eigenvalue weighted by molar-refractivity contribution is -0.0759. The topological polar surface area (TPSA) is 52.8 Å². The zero-order chi connectivity index (χ0) is 14.2. The summed E-state index contributed by atoms with van der Waals surface area (Å²) in [7, 11) is 1.87. The van der Waals surface area contributed by atoms with E-state index in [9.17, 15) is 0 Å². The Morgan fingerprint density at radius 3 is 2.85 bits per heavy atom. The molecule has 3 rings (SSSR count). The number of aryl methyl sites for hydroxylation is 1. The van der Waals surface area contributed by atoms with Crippen molar-refractivity contribution in [3.63, 3.8) is 0 Å². The molecule has 106 valence electrons. The third-order valence-corrected chi connectivity index (χ3v) is 3.83. The molecule has 0 aromatic carbocycles. The average Bonchev–Trinajstić information content (AvgIpc) is 2.86. The minimum Gasteiger partial charge on any atom is -0.367 e. The quantitative estimate of drug-likeness (QED) is 0.799. The van der Waals surface area contributed by atoms with Crippen LogP contribution in [0.5, 0.6) is 0 Å². The minimum absolute atomic E-state index is 0.434. The van der Waals surface area contributed by atoms with Crippen molar-refractivity contribution in [3.05, 3.63) is 29.4 Å². The summed E-state index contributed by atoms with van der Waals surface area (Å²) in [4.78, 5) is 9.00. The van der Waals surface area contributed by atoms with Gasteiger partial charge in [0, 0.05) is 31.5 Å². The number of hydrogen-bond donors (Lipinski definition) is 0. The van der Waals surface area contributed by atoms with Crippen LogP contribution in [0.1, 0.15) is 32.0 Å². The largest absolute Gasteiger partial charge is 0.367 e. The lowest BCUT2D eigenvalue weighted by Gasteiger charge is -2.32. The second-order valence-electron chi connectivity index (χ2n) is 5.34. The molecular weight excluding hydrogens is 276 g/mol. The first-order valence-electron chi connectivity index (χ1n) is 6.75. The Labute approximate surface area is 123 Å². The molecule has 0 amide bonds. The molecule has 0 N–H and O–H groups in total. The van der Waals surface area contributed by atoms with Gasteiger partial charge in [-0.2, -0.15) is 5.10 Å². The van der Waals surface area contributed by atoms with Gasteiger partial charge in [0.1, 0.15) is 10.8 Å². The summed E-state index contributed by atoms with van der Waals surface area (Å²) in [6.07, 6.45) is 6.80. The van der Waals surface area contributed by atoms with Crippen molar-refractivity contribution >= 4 is 11.6 Å². The Balaban J connectivity index is 2.02. The van der Waals surface area contributed by atoms with Crippen molar-refractivity contribution < 1.29 is 4.74 Å². The summed E-state index contributed by atoms with van der Waals surface area (Å²) < 4.78 is 7.64. The molecule has 1 saturated heterocycles. The van der Waals surface area contributed by atoms with Crippen LogP contribution in [0.2, 0.25) is 5.15 Å². The molecule has 0 spiro atoms. The summed E-state index contributed by atoms with van der Waals surface area (Å²) in [5.74, 6) is 0.656. The number of nitrogens with zero attached hydrogens (tertiary/aromatic N) is 4. The molecule has 3 heterocycles. The summed E-state index contributed by atoms with van der Waals surface area (Å²) in [5.41, 5.74) is 1.26. The third kappa shape index (κ3) is 2.55. The molecule has 2 aromatic rings. The molecule has 5 nitrogen and oxygen atoms in total. The van der Waals surface area contributed by atoms with E-state index in [-0.39, 0.29) is 0 Å². The molecule has 0 radical (unpaired) electrons. The second kappa shape index (κ2) is 5.14. The Morgan fingerprint density at radius 1 is 1.35 bits per heavy atom. The van der Waals surface area contributed by atoms with E-state index >= 15 is 0 Å². The fraction of sp³-hybridized carbons (Fsp3) is 0.500. The standard InChI is InChI=1S/C14H17ClN4O/c1-14(5-3-4-6-20-14)13-17-11(7-12(15)18-13)10-8-16-19(2)9-10/h7-9H,3-6H2,1-2H3. The number of hydrogen-bond acceptors (Lipinski definition) is 4. The van der Waals surface area contributed by atoms with E-state index in [0.29, 0.717) is 11.0 Å². The first kappa shape index (κ1) is 13.5. The molecule has 20 heavy (non-hydrogen) atoms. The molecule has 1 aliphatic rings. The smallest absolute Gasteiger partial charge is 0.162 e. The van der Waals surface area contributed by atoms with E-state index in [0.717, 1.165) is 37.1 Å². The summed E-state index contributed by atoms with van der Waals surface area (Å²) >= 11 is 6.15. The molecule has 1 unspecified atom stereocenters. The maximum absolute atomic E-state index is 6.15. The maximum Gasteiger partial charge on any atom is 0.162 e. The monoisotopic (exact) mass is 292 g/mol. The molecule has 1 aliphatic heterocycles. The van der Waals surface area contributed by atoms with Crippen molar-refractivity contribution in [3.8, 4) is 11.3 Å². The highest BCUT2D eigenvalue weighted by Crippen LogP contribution is 2.34. The van der Waals surface area contributed by atoms with Gasteiger partial charge in [0.15, 0.2) is 5.82 Å². The number of ether oxygens (including phenoxy) is 1. The zero-order valence-electron chi connectivity index (χ0n) is 11.6. The SMILES string of the molecule is Cn1cc(-c2cc(Cl)nc(C3(C)CCCCO3)n2)cn1. The van der Waals surface area contributed by atoms with Gasteiger partial charge in [0.2, 0.25) is 0 Å². The maximum atomic E-state index is 6.15. The van der Waals surface area contributed by atoms with Crippen molar-refractivity contribution in [2.24, 2.45) is 7.05 Å². The second-order valence-corrected chi connectivity index (χ2v) is 5.73. The van der Waals surface area contributed by atoms with E-state index in [1.807, 2.05) is 20.2 Å². The number of aromatic nitrogens is 4. The van der Waals surface area contributed by atoms with Gasteiger partial charge in [-0.15, -0.1) is 0 Å². The van der Waals surface area contributed by atoms with Gasteiger partial charge in [-0.3, -0.25) is 4.68 Å². The van der Waals surface area contributed by atoms with Gasteiger partial charge in [-0.1, -0.05) is 11.6 Å². The van der Waals surface area contributed by atoms with Gasteiger partial charge in [0.25, 0.3) is 0 Å². The highest BCUT2D eigenvalue weighted by molar-refractivity contribution is 6.29. The van der Waals surface area contributed by atoms with Crippen LogP contribution in [-0.2, 0) is 17.4 Å². The van der Waals surface area contributed by atoms with Crippen molar-refractivity contribution in [2.45, 2.75) is 31.8 Å². The van der Waals surface area contributed by atoms with Crippen molar-refractivity contribution in [1.29, 1.82) is 0 Å². The van der Waals surface area contributed by atoms with Gasteiger partial charge in [-0.05, 0) is 26.2 Å². The van der Waals surface area contributed by atoms with E-state index in [2.05, 4.69) is 15.1 Å². The van der Waals surface area contributed by atoms with E-state index in [1.165, 1.54) is 0 Å². The molecule has 2 aromatic heterocycles. The van der Waals surface area contributed by atoms with Crippen LogP contribution in [0.15, 0.2) is 18.5 Å². The third-order valence-electron chi connectivity index (χ3n) is 3.64. The van der Waals surface area contributed by atoms with Crippen molar-refractivity contribution in [1.82, 2.24) is 19.7 Å². The molecule has 0 bridgehead atoms. The molecule has 1 atom stereocenters. The predicted octanol–water partition coefficient (Wildman–Crippen LogP) is 2.95. The highest BCUT2D eigenvalue weighted by atomic mass is 35.5. The fourth-order valence-corrected chi connectivity index (χ4v) is 2.65. The van der Waals surface area contributed by atoms with Crippen molar-refractivity contribution in [2.75, 3.05) is 6.61 Å². The van der Waals surface area contributed by atoms with Crippen LogP contribution in [0, 0.1) is 0 Å². The van der Waals surface area contributed by atoms with Crippen LogP contribution < -0.4 is 0 Å². The van der Waals surface area contributed by atoms with E-state index in [4.69, 9.17) is 16.3 Å². The Morgan fingerprint density at radius 2 is 2.20 bits per heavy atom. The van der Waals surface area contributed by atoms with Gasteiger partial charge in [-0.25, -0.2) is 9.97 Å². The number of rotatable bonds is 2. The summed E-state index contributed by atoms with van der Waals surface area (Å²) in [6.45, 7) is 2.78. The van der Waals surface area contributed by atoms with E-state index < -0.39 is 5.60 Å². The fourth-order valence-electron chi connectivity index (χ4n) is 2.47. The molecule has 0 saturated carbocycles. The van der Waals surface area contributed by atoms with E-state index in [1.54, 1.807) is 16.9 Å². The Hall–Kier alpha value is -1.46. The highest BCUT2D eigenvalue weighted by Gasteiger charge is 2.33. The summed E-state index contributed by atoms with van der Waals surface area (Å²) in [6, 6.07) is 1.76. The molecular formula is C14H17ClN4O. The van der Waals surface area contributed by atoms with Crippen LogP contribution >= 0.6 is 11.6 Å². The molecule has 6 heteroatoms. The Bertz CT molecular complexity index is 619. The van der Waals surface area contributed by atoms with Gasteiger partial charge >= 0.3 is 0 Å².